The van der Waals surface area contributed by atoms with Crippen molar-refractivity contribution < 1.29 is 17.6 Å². The fraction of sp³-hybridized carbons (Fsp3) is 0.273. The number of nitriles is 1. The van der Waals surface area contributed by atoms with Gasteiger partial charge in [0.05, 0.1) is 0 Å². The lowest BCUT2D eigenvalue weighted by atomic mass is 10.2. The first kappa shape index (κ1) is 15.1. The molecular formula is C11H12FN3O3S. The van der Waals surface area contributed by atoms with E-state index in [1.54, 1.807) is 0 Å². The molecule has 8 heteroatoms. The van der Waals surface area contributed by atoms with Gasteiger partial charge in [-0.2, -0.15) is 5.26 Å². The van der Waals surface area contributed by atoms with E-state index in [4.69, 9.17) is 5.26 Å². The molecule has 0 aliphatic rings. The summed E-state index contributed by atoms with van der Waals surface area (Å²) in [5.41, 5.74) is -0.533. The molecule has 1 amide bonds. The number of rotatable bonds is 5. The molecule has 0 saturated heterocycles. The van der Waals surface area contributed by atoms with Gasteiger partial charge >= 0.3 is 0 Å². The summed E-state index contributed by atoms with van der Waals surface area (Å²) in [6.45, 7) is 1.35. The molecule has 1 aromatic carbocycles. The fourth-order valence-electron chi connectivity index (χ4n) is 1.34. The number of hydrogen-bond donors (Lipinski definition) is 2. The first-order valence-electron chi connectivity index (χ1n) is 5.31. The van der Waals surface area contributed by atoms with Gasteiger partial charge in [-0.1, -0.05) is 6.07 Å². The van der Waals surface area contributed by atoms with Crippen molar-refractivity contribution >= 4 is 15.9 Å². The molecule has 0 fully saturated rings. The van der Waals surface area contributed by atoms with Gasteiger partial charge in [0, 0.05) is 20.0 Å². The van der Waals surface area contributed by atoms with E-state index in [2.05, 4.69) is 10.0 Å². The second-order valence-corrected chi connectivity index (χ2v) is 5.34. The Hall–Kier alpha value is -1.98. The lowest BCUT2D eigenvalue weighted by Crippen LogP contribution is -2.34. The number of carbonyl (C=O) groups is 1. The highest BCUT2D eigenvalue weighted by Crippen LogP contribution is 2.17. The molecule has 1 rings (SSSR count). The molecule has 1 aromatic rings. The van der Waals surface area contributed by atoms with E-state index in [1.165, 1.54) is 19.1 Å². The van der Waals surface area contributed by atoms with E-state index in [1.807, 2.05) is 0 Å². The van der Waals surface area contributed by atoms with Crippen molar-refractivity contribution in [3.8, 4) is 6.07 Å². The zero-order valence-corrected chi connectivity index (χ0v) is 10.9. The third kappa shape index (κ3) is 4.01. The number of nitrogens with zero attached hydrogens (tertiary/aromatic N) is 1. The lowest BCUT2D eigenvalue weighted by molar-refractivity contribution is -0.118. The summed E-state index contributed by atoms with van der Waals surface area (Å²) in [6.07, 6.45) is 0. The zero-order valence-electron chi connectivity index (χ0n) is 10.1. The number of amides is 1. The maximum absolute atomic E-state index is 13.3. The Kier molecular flexibility index (Phi) is 4.97. The van der Waals surface area contributed by atoms with Gasteiger partial charge in [-0.05, 0) is 12.1 Å². The molecule has 0 bridgehead atoms. The van der Waals surface area contributed by atoms with Crippen molar-refractivity contribution in [1.29, 1.82) is 5.26 Å². The highest BCUT2D eigenvalue weighted by molar-refractivity contribution is 7.89. The van der Waals surface area contributed by atoms with Crippen molar-refractivity contribution in [2.24, 2.45) is 0 Å². The minimum atomic E-state index is -3.99. The highest BCUT2D eigenvalue weighted by atomic mass is 32.2. The summed E-state index contributed by atoms with van der Waals surface area (Å²) in [7, 11) is -3.99. The van der Waals surface area contributed by atoms with Gasteiger partial charge < -0.3 is 5.32 Å². The van der Waals surface area contributed by atoms with Gasteiger partial charge in [0.1, 0.15) is 22.3 Å². The van der Waals surface area contributed by atoms with Crippen LogP contribution in [0.2, 0.25) is 0 Å². The maximum Gasteiger partial charge on any atom is 0.242 e. The van der Waals surface area contributed by atoms with Crippen LogP contribution in [0.5, 0.6) is 0 Å². The lowest BCUT2D eigenvalue weighted by Gasteiger charge is -2.08. The van der Waals surface area contributed by atoms with Gasteiger partial charge in [0.2, 0.25) is 15.9 Å². The molecule has 0 saturated carbocycles. The van der Waals surface area contributed by atoms with Gasteiger partial charge in [-0.25, -0.2) is 17.5 Å². The summed E-state index contributed by atoms with van der Waals surface area (Å²) < 4.78 is 39.2. The molecule has 0 aliphatic heterocycles. The zero-order chi connectivity index (χ0) is 14.5. The minimum absolute atomic E-state index is 0.0523. The Morgan fingerprint density at radius 2 is 2.11 bits per heavy atom. The van der Waals surface area contributed by atoms with Crippen LogP contribution >= 0.6 is 0 Å². The topological polar surface area (TPSA) is 99.1 Å². The Bertz CT molecular complexity index is 623. The van der Waals surface area contributed by atoms with Crippen LogP contribution < -0.4 is 10.0 Å². The first-order chi connectivity index (χ1) is 8.88. The Labute approximate surface area is 110 Å². The number of nitrogens with one attached hydrogen (secondary N) is 2. The van der Waals surface area contributed by atoms with E-state index >= 15 is 0 Å². The summed E-state index contributed by atoms with van der Waals surface area (Å²) in [6, 6.07) is 4.87. The van der Waals surface area contributed by atoms with E-state index in [0.29, 0.717) is 0 Å². The molecule has 2 N–H and O–H groups in total. The standard InChI is InChI=1S/C11H12FN3O3S/c1-8(16)14-5-6-15-19(17,18)11-4-2-3-10(12)9(11)7-13/h2-4,15H,5-6H2,1H3,(H,14,16). The average Bonchev–Trinajstić information content (AvgIpc) is 2.34. The highest BCUT2D eigenvalue weighted by Gasteiger charge is 2.20. The molecular weight excluding hydrogens is 273 g/mol. The second kappa shape index (κ2) is 6.26. The number of carbonyl (C=O) groups excluding carboxylic acids is 1. The van der Waals surface area contributed by atoms with Crippen molar-refractivity contribution in [2.75, 3.05) is 13.1 Å². The summed E-state index contributed by atoms with van der Waals surface area (Å²) >= 11 is 0. The maximum atomic E-state index is 13.3. The Morgan fingerprint density at radius 3 is 2.68 bits per heavy atom. The van der Waals surface area contributed by atoms with Crippen LogP contribution in [-0.4, -0.2) is 27.4 Å². The molecule has 19 heavy (non-hydrogen) atoms. The quantitative estimate of drug-likeness (QED) is 0.750. The van der Waals surface area contributed by atoms with Gasteiger partial charge in [-0.3, -0.25) is 4.79 Å². The first-order valence-corrected chi connectivity index (χ1v) is 6.79. The van der Waals surface area contributed by atoms with E-state index < -0.39 is 26.3 Å². The third-order valence-electron chi connectivity index (χ3n) is 2.17. The fourth-order valence-corrected chi connectivity index (χ4v) is 2.53. The third-order valence-corrected chi connectivity index (χ3v) is 3.67. The molecule has 0 atom stereocenters. The molecule has 0 unspecified atom stereocenters. The van der Waals surface area contributed by atoms with Crippen LogP contribution in [0, 0.1) is 17.1 Å². The predicted molar refractivity (Wildman–Crippen MR) is 65.0 cm³/mol. The largest absolute Gasteiger partial charge is 0.355 e. The molecule has 0 spiro atoms. The van der Waals surface area contributed by atoms with E-state index in [0.717, 1.165) is 12.1 Å². The van der Waals surface area contributed by atoms with Crippen LogP contribution in [0.4, 0.5) is 4.39 Å². The van der Waals surface area contributed by atoms with Gasteiger partial charge in [0.25, 0.3) is 0 Å². The van der Waals surface area contributed by atoms with Crippen molar-refractivity contribution in [3.05, 3.63) is 29.6 Å². The summed E-state index contributed by atoms with van der Waals surface area (Å²) in [4.78, 5) is 10.2. The number of halogens is 1. The molecule has 0 heterocycles. The number of sulfonamides is 1. The molecule has 102 valence electrons. The molecule has 0 aromatic heterocycles. The van der Waals surface area contributed by atoms with Crippen LogP contribution in [0.25, 0.3) is 0 Å². The minimum Gasteiger partial charge on any atom is -0.355 e. The van der Waals surface area contributed by atoms with Crippen LogP contribution in [-0.2, 0) is 14.8 Å². The van der Waals surface area contributed by atoms with Crippen molar-refractivity contribution in [3.63, 3.8) is 0 Å². The molecule has 6 nitrogen and oxygen atoms in total. The van der Waals surface area contributed by atoms with E-state index in [9.17, 15) is 17.6 Å². The number of hydrogen-bond acceptors (Lipinski definition) is 4. The molecule has 0 aliphatic carbocycles. The van der Waals surface area contributed by atoms with Crippen molar-refractivity contribution in [1.82, 2.24) is 10.0 Å². The smallest absolute Gasteiger partial charge is 0.242 e. The summed E-state index contributed by atoms with van der Waals surface area (Å²) in [5.74, 6) is -1.19. The Balaban J connectivity index is 2.87. The van der Waals surface area contributed by atoms with Gasteiger partial charge in [0.15, 0.2) is 0 Å². The SMILES string of the molecule is CC(=O)NCCNS(=O)(=O)c1cccc(F)c1C#N. The second-order valence-electron chi connectivity index (χ2n) is 3.61. The van der Waals surface area contributed by atoms with Crippen LogP contribution in [0.1, 0.15) is 12.5 Å². The van der Waals surface area contributed by atoms with Crippen LogP contribution in [0.3, 0.4) is 0 Å². The normalized spacial score (nSPS) is 10.8. The average molecular weight is 285 g/mol. The Morgan fingerprint density at radius 1 is 1.42 bits per heavy atom. The predicted octanol–water partition coefficient (Wildman–Crippen LogP) is 0.112. The number of benzene rings is 1. The molecule has 0 radical (unpaired) electrons. The van der Waals surface area contributed by atoms with E-state index in [-0.39, 0.29) is 19.0 Å². The monoisotopic (exact) mass is 285 g/mol. The summed E-state index contributed by atoms with van der Waals surface area (Å²) in [5, 5.41) is 11.2. The van der Waals surface area contributed by atoms with Gasteiger partial charge in [-0.15, -0.1) is 0 Å². The van der Waals surface area contributed by atoms with Crippen molar-refractivity contribution in [2.45, 2.75) is 11.8 Å². The van der Waals surface area contributed by atoms with Crippen LogP contribution in [0.15, 0.2) is 23.1 Å².